The van der Waals surface area contributed by atoms with E-state index >= 15 is 0 Å². The summed E-state index contributed by atoms with van der Waals surface area (Å²) in [6.45, 7) is 4.25. The summed E-state index contributed by atoms with van der Waals surface area (Å²) < 4.78 is 13.1. The van der Waals surface area contributed by atoms with Gasteiger partial charge in [0.05, 0.1) is 12.9 Å². The first-order chi connectivity index (χ1) is 17.1. The third kappa shape index (κ3) is 6.02. The van der Waals surface area contributed by atoms with Crippen LogP contribution in [0.25, 0.3) is 5.69 Å². The molecule has 0 aliphatic rings. The topological polar surface area (TPSA) is 69.5 Å². The Hall–Kier alpha value is -3.78. The fourth-order valence-corrected chi connectivity index (χ4v) is 4.49. The summed E-state index contributed by atoms with van der Waals surface area (Å²) in [5, 5.41) is 9.40. The van der Waals surface area contributed by atoms with E-state index in [-0.39, 0.29) is 24.3 Å². The molecule has 35 heavy (non-hydrogen) atoms. The molecule has 0 aliphatic carbocycles. The van der Waals surface area contributed by atoms with Gasteiger partial charge in [0, 0.05) is 17.4 Å². The van der Waals surface area contributed by atoms with E-state index in [9.17, 15) is 4.79 Å². The monoisotopic (exact) mass is 488 g/mol. The Bertz CT molecular complexity index is 1230. The number of carbonyl (C=O) groups excluding carboxylic acids is 1. The number of para-hydroxylation sites is 2. The minimum absolute atomic E-state index is 0.00912. The van der Waals surface area contributed by atoms with Gasteiger partial charge in [-0.25, -0.2) is 0 Å². The van der Waals surface area contributed by atoms with E-state index in [0.717, 1.165) is 17.1 Å². The van der Waals surface area contributed by atoms with E-state index in [4.69, 9.17) is 9.47 Å². The number of amides is 1. The van der Waals surface area contributed by atoms with Crippen LogP contribution < -0.4 is 14.4 Å². The first kappa shape index (κ1) is 24.3. The average molecular weight is 489 g/mol. The number of methoxy groups -OCH3 is 1. The Morgan fingerprint density at radius 1 is 0.914 bits per heavy atom. The van der Waals surface area contributed by atoms with E-state index in [0.29, 0.717) is 16.7 Å². The number of carbonyl (C=O) groups is 1. The zero-order valence-corrected chi connectivity index (χ0v) is 20.8. The van der Waals surface area contributed by atoms with Crippen LogP contribution in [-0.2, 0) is 11.4 Å². The number of benzene rings is 3. The summed E-state index contributed by atoms with van der Waals surface area (Å²) in [5.41, 5.74) is 1.79. The molecular weight excluding hydrogens is 460 g/mol. The van der Waals surface area contributed by atoms with Gasteiger partial charge < -0.3 is 14.4 Å². The van der Waals surface area contributed by atoms with E-state index in [2.05, 4.69) is 10.2 Å². The highest BCUT2D eigenvalue weighted by Gasteiger charge is 2.22. The summed E-state index contributed by atoms with van der Waals surface area (Å²) in [6.07, 6.45) is 0. The lowest BCUT2D eigenvalue weighted by molar-refractivity contribution is -0.116. The zero-order chi connectivity index (χ0) is 24.6. The maximum atomic E-state index is 13.2. The number of ether oxygens (including phenoxy) is 2. The minimum atomic E-state index is 0.00912. The maximum absolute atomic E-state index is 13.2. The molecular formula is C27H28N4O3S. The Balaban J connectivity index is 1.53. The SMILES string of the molecule is COc1ccc(OCc2nnc(SCC(=O)N(c3ccccc3)C(C)C)n2-c2ccccc2)cc1. The molecule has 0 atom stereocenters. The standard InChI is InChI=1S/C27H28N4O3S/c1-20(2)30(21-10-6-4-7-11-21)26(32)19-35-27-29-28-25(31(27)22-12-8-5-9-13-22)18-34-24-16-14-23(33-3)15-17-24/h4-17,20H,18-19H2,1-3H3. The third-order valence-electron chi connectivity index (χ3n) is 5.29. The molecule has 1 amide bonds. The highest BCUT2D eigenvalue weighted by atomic mass is 32.2. The van der Waals surface area contributed by atoms with Gasteiger partial charge in [0.25, 0.3) is 0 Å². The number of hydrogen-bond acceptors (Lipinski definition) is 6. The summed E-state index contributed by atoms with van der Waals surface area (Å²) in [5.74, 6) is 2.35. The molecule has 1 heterocycles. The van der Waals surface area contributed by atoms with Crippen molar-refractivity contribution in [2.75, 3.05) is 17.8 Å². The second kappa shape index (κ2) is 11.6. The van der Waals surface area contributed by atoms with Crippen molar-refractivity contribution in [1.29, 1.82) is 0 Å². The highest BCUT2D eigenvalue weighted by Crippen LogP contribution is 2.25. The molecule has 180 valence electrons. The summed E-state index contributed by atoms with van der Waals surface area (Å²) in [6, 6.07) is 27.0. The highest BCUT2D eigenvalue weighted by molar-refractivity contribution is 7.99. The number of hydrogen-bond donors (Lipinski definition) is 0. The zero-order valence-electron chi connectivity index (χ0n) is 20.0. The first-order valence-electron chi connectivity index (χ1n) is 11.3. The molecule has 0 saturated heterocycles. The van der Waals surface area contributed by atoms with Crippen LogP contribution in [0, 0.1) is 0 Å². The normalized spacial score (nSPS) is 10.9. The maximum Gasteiger partial charge on any atom is 0.237 e. The molecule has 8 heteroatoms. The lowest BCUT2D eigenvalue weighted by Crippen LogP contribution is -2.38. The van der Waals surface area contributed by atoms with Crippen molar-refractivity contribution in [3.05, 3.63) is 90.8 Å². The molecule has 0 bridgehead atoms. The van der Waals surface area contributed by atoms with Gasteiger partial charge in [0.2, 0.25) is 5.91 Å². The van der Waals surface area contributed by atoms with Crippen LogP contribution in [0.1, 0.15) is 19.7 Å². The van der Waals surface area contributed by atoms with Crippen molar-refractivity contribution >= 4 is 23.4 Å². The lowest BCUT2D eigenvalue weighted by Gasteiger charge is -2.26. The molecule has 0 aliphatic heterocycles. The molecule has 0 radical (unpaired) electrons. The van der Waals surface area contributed by atoms with E-state index in [1.54, 1.807) is 7.11 Å². The van der Waals surface area contributed by atoms with Gasteiger partial charge in [-0.3, -0.25) is 9.36 Å². The van der Waals surface area contributed by atoms with E-state index in [1.807, 2.05) is 108 Å². The molecule has 0 fully saturated rings. The molecule has 0 unspecified atom stereocenters. The van der Waals surface area contributed by atoms with Crippen LogP contribution in [0.3, 0.4) is 0 Å². The quantitative estimate of drug-likeness (QED) is 0.279. The van der Waals surface area contributed by atoms with Gasteiger partial charge in [-0.1, -0.05) is 48.2 Å². The Kier molecular flexibility index (Phi) is 8.05. The van der Waals surface area contributed by atoms with Gasteiger partial charge in [-0.05, 0) is 62.4 Å². The third-order valence-corrected chi connectivity index (χ3v) is 6.20. The number of nitrogens with zero attached hydrogens (tertiary/aromatic N) is 4. The summed E-state index contributed by atoms with van der Waals surface area (Å²) in [7, 11) is 1.63. The number of anilines is 1. The van der Waals surface area contributed by atoms with Gasteiger partial charge in [0.15, 0.2) is 11.0 Å². The van der Waals surface area contributed by atoms with Crippen molar-refractivity contribution in [2.45, 2.75) is 31.7 Å². The average Bonchev–Trinajstić information content (AvgIpc) is 3.30. The van der Waals surface area contributed by atoms with Crippen molar-refractivity contribution in [3.63, 3.8) is 0 Å². The molecule has 7 nitrogen and oxygen atoms in total. The van der Waals surface area contributed by atoms with Crippen LogP contribution in [-0.4, -0.2) is 39.6 Å². The van der Waals surface area contributed by atoms with Crippen LogP contribution in [0.15, 0.2) is 90.1 Å². The van der Waals surface area contributed by atoms with Gasteiger partial charge in [-0.2, -0.15) is 0 Å². The Labute approximate surface area is 209 Å². The van der Waals surface area contributed by atoms with Gasteiger partial charge >= 0.3 is 0 Å². The predicted octanol–water partition coefficient (Wildman–Crippen LogP) is 5.39. The van der Waals surface area contributed by atoms with Crippen molar-refractivity contribution < 1.29 is 14.3 Å². The minimum Gasteiger partial charge on any atom is -0.497 e. The molecule has 1 aromatic heterocycles. The van der Waals surface area contributed by atoms with Crippen molar-refractivity contribution in [1.82, 2.24) is 14.8 Å². The number of aromatic nitrogens is 3. The second-order valence-corrected chi connectivity index (χ2v) is 8.96. The molecule has 0 N–H and O–H groups in total. The Morgan fingerprint density at radius 2 is 1.54 bits per heavy atom. The smallest absolute Gasteiger partial charge is 0.237 e. The molecule has 0 spiro atoms. The molecule has 0 saturated carbocycles. The Morgan fingerprint density at radius 3 is 2.17 bits per heavy atom. The van der Waals surface area contributed by atoms with Crippen LogP contribution in [0.5, 0.6) is 11.5 Å². The lowest BCUT2D eigenvalue weighted by atomic mass is 10.2. The van der Waals surface area contributed by atoms with Gasteiger partial charge in [-0.15, -0.1) is 10.2 Å². The van der Waals surface area contributed by atoms with Crippen LogP contribution in [0.4, 0.5) is 5.69 Å². The van der Waals surface area contributed by atoms with Gasteiger partial charge in [0.1, 0.15) is 18.1 Å². The number of rotatable bonds is 10. The number of thioether (sulfide) groups is 1. The first-order valence-corrected chi connectivity index (χ1v) is 12.3. The van der Waals surface area contributed by atoms with E-state index in [1.165, 1.54) is 11.8 Å². The van der Waals surface area contributed by atoms with Crippen LogP contribution >= 0.6 is 11.8 Å². The van der Waals surface area contributed by atoms with Crippen LogP contribution in [0.2, 0.25) is 0 Å². The van der Waals surface area contributed by atoms with Crippen molar-refractivity contribution in [2.24, 2.45) is 0 Å². The summed E-state index contributed by atoms with van der Waals surface area (Å²) >= 11 is 1.36. The van der Waals surface area contributed by atoms with E-state index < -0.39 is 0 Å². The largest absolute Gasteiger partial charge is 0.497 e. The second-order valence-electron chi connectivity index (χ2n) is 8.02. The molecule has 4 aromatic rings. The fourth-order valence-electron chi connectivity index (χ4n) is 3.66. The summed E-state index contributed by atoms with van der Waals surface area (Å²) in [4.78, 5) is 15.0. The molecule has 3 aromatic carbocycles. The molecule has 4 rings (SSSR count). The van der Waals surface area contributed by atoms with Crippen molar-refractivity contribution in [3.8, 4) is 17.2 Å². The fraction of sp³-hybridized carbons (Fsp3) is 0.222. The predicted molar refractivity (Wildman–Crippen MR) is 138 cm³/mol.